The molecule has 3 aromatic rings. The molecule has 0 fully saturated rings. The Bertz CT molecular complexity index is 839. The average molecular weight is 370 g/mol. The summed E-state index contributed by atoms with van der Waals surface area (Å²) in [5.74, 6) is 0.460. The van der Waals surface area contributed by atoms with Crippen molar-refractivity contribution in [3.63, 3.8) is 0 Å². The van der Waals surface area contributed by atoms with E-state index in [-0.39, 0.29) is 5.82 Å². The third-order valence-corrected chi connectivity index (χ3v) is 4.47. The third-order valence-electron chi connectivity index (χ3n) is 4.12. The van der Waals surface area contributed by atoms with Crippen molar-refractivity contribution in [2.75, 3.05) is 6.54 Å². The largest absolute Gasteiger partial charge is 0.489 e. The number of hydrogen-bond donors (Lipinski definition) is 1. The second kappa shape index (κ2) is 9.37. The van der Waals surface area contributed by atoms with Crippen molar-refractivity contribution in [1.82, 2.24) is 5.32 Å². The van der Waals surface area contributed by atoms with Gasteiger partial charge in [0.15, 0.2) is 0 Å². The number of para-hydroxylation sites is 1. The fraction of sp³-hybridized carbons (Fsp3) is 0.182. The monoisotopic (exact) mass is 369 g/mol. The lowest BCUT2D eigenvalue weighted by molar-refractivity contribution is 0.302. The Labute approximate surface area is 158 Å². The number of nitrogens with one attached hydrogen (secondary N) is 1. The number of benzene rings is 3. The van der Waals surface area contributed by atoms with Crippen molar-refractivity contribution in [1.29, 1.82) is 0 Å². The van der Waals surface area contributed by atoms with E-state index in [1.54, 1.807) is 6.07 Å². The summed E-state index contributed by atoms with van der Waals surface area (Å²) in [6.07, 6.45) is 0.981. The Morgan fingerprint density at radius 2 is 1.65 bits per heavy atom. The first-order valence-electron chi connectivity index (χ1n) is 8.61. The Hall–Kier alpha value is -2.36. The van der Waals surface area contributed by atoms with Crippen LogP contribution in [0.4, 0.5) is 4.39 Å². The maximum absolute atomic E-state index is 13.1. The van der Waals surface area contributed by atoms with E-state index < -0.39 is 0 Å². The summed E-state index contributed by atoms with van der Waals surface area (Å²) in [6, 6.07) is 22.6. The molecule has 134 valence electrons. The van der Waals surface area contributed by atoms with Gasteiger partial charge in [0.2, 0.25) is 0 Å². The predicted molar refractivity (Wildman–Crippen MR) is 104 cm³/mol. The van der Waals surface area contributed by atoms with Gasteiger partial charge < -0.3 is 10.1 Å². The Balaban J connectivity index is 1.54. The van der Waals surface area contributed by atoms with Crippen molar-refractivity contribution >= 4 is 11.6 Å². The first-order chi connectivity index (χ1) is 12.7. The summed E-state index contributed by atoms with van der Waals surface area (Å²) in [7, 11) is 0. The van der Waals surface area contributed by atoms with Gasteiger partial charge in [0, 0.05) is 17.7 Å². The van der Waals surface area contributed by atoms with Crippen molar-refractivity contribution in [2.24, 2.45) is 0 Å². The van der Waals surface area contributed by atoms with Gasteiger partial charge >= 0.3 is 0 Å². The first kappa shape index (κ1) is 18.4. The molecule has 0 bridgehead atoms. The van der Waals surface area contributed by atoms with E-state index in [0.717, 1.165) is 36.4 Å². The summed E-state index contributed by atoms with van der Waals surface area (Å²) in [5.41, 5.74) is 3.16. The van der Waals surface area contributed by atoms with E-state index in [1.165, 1.54) is 17.7 Å². The zero-order chi connectivity index (χ0) is 18.2. The van der Waals surface area contributed by atoms with Crippen LogP contribution in [0, 0.1) is 5.82 Å². The van der Waals surface area contributed by atoms with E-state index in [2.05, 4.69) is 29.6 Å². The van der Waals surface area contributed by atoms with Crippen LogP contribution in [-0.4, -0.2) is 6.54 Å². The Morgan fingerprint density at radius 3 is 2.46 bits per heavy atom. The smallest absolute Gasteiger partial charge is 0.124 e. The number of halogens is 2. The van der Waals surface area contributed by atoms with E-state index in [1.807, 2.05) is 30.3 Å². The first-order valence-corrected chi connectivity index (χ1v) is 8.99. The number of ether oxygens (including phenoxy) is 1. The lowest BCUT2D eigenvalue weighted by Crippen LogP contribution is -2.17. The normalized spacial score (nSPS) is 10.7. The zero-order valence-electron chi connectivity index (χ0n) is 14.4. The molecule has 0 amide bonds. The van der Waals surface area contributed by atoms with Crippen LogP contribution >= 0.6 is 11.6 Å². The van der Waals surface area contributed by atoms with E-state index in [4.69, 9.17) is 16.3 Å². The summed E-state index contributed by atoms with van der Waals surface area (Å²) in [5, 5.41) is 3.83. The molecule has 0 aromatic heterocycles. The van der Waals surface area contributed by atoms with Gasteiger partial charge in [-0.2, -0.15) is 0 Å². The van der Waals surface area contributed by atoms with Crippen LogP contribution in [0.5, 0.6) is 5.75 Å². The van der Waals surface area contributed by atoms with Crippen LogP contribution in [0.15, 0.2) is 72.8 Å². The van der Waals surface area contributed by atoms with Crippen molar-refractivity contribution in [3.05, 3.63) is 100 Å². The maximum Gasteiger partial charge on any atom is 0.124 e. The lowest BCUT2D eigenvalue weighted by Gasteiger charge is -2.13. The molecule has 3 aromatic carbocycles. The molecule has 0 aliphatic rings. The molecule has 4 heteroatoms. The summed E-state index contributed by atoms with van der Waals surface area (Å²) in [4.78, 5) is 0. The highest BCUT2D eigenvalue weighted by molar-refractivity contribution is 6.31. The van der Waals surface area contributed by atoms with E-state index >= 15 is 0 Å². The topological polar surface area (TPSA) is 21.3 Å². The quantitative estimate of drug-likeness (QED) is 0.537. The number of rotatable bonds is 8. The van der Waals surface area contributed by atoms with Crippen molar-refractivity contribution < 1.29 is 9.13 Å². The van der Waals surface area contributed by atoms with Gasteiger partial charge in [-0.1, -0.05) is 66.2 Å². The van der Waals surface area contributed by atoms with Crippen LogP contribution in [0.1, 0.15) is 16.7 Å². The minimum Gasteiger partial charge on any atom is -0.489 e. The second-order valence-electron chi connectivity index (χ2n) is 6.04. The molecular weight excluding hydrogens is 349 g/mol. The van der Waals surface area contributed by atoms with Crippen LogP contribution in [0.2, 0.25) is 5.02 Å². The molecule has 2 nitrogen and oxygen atoms in total. The second-order valence-corrected chi connectivity index (χ2v) is 6.45. The molecular formula is C22H21ClFNO. The molecule has 0 heterocycles. The summed E-state index contributed by atoms with van der Waals surface area (Å²) < 4.78 is 19.0. The fourth-order valence-corrected chi connectivity index (χ4v) is 2.91. The van der Waals surface area contributed by atoms with E-state index in [9.17, 15) is 4.39 Å². The highest BCUT2D eigenvalue weighted by atomic mass is 35.5. The SMILES string of the molecule is Fc1ccc(COc2ccccc2CNCCc2ccccc2)c(Cl)c1. The van der Waals surface area contributed by atoms with Gasteiger partial charge in [-0.05, 0) is 36.7 Å². The number of hydrogen-bond acceptors (Lipinski definition) is 2. The van der Waals surface area contributed by atoms with Gasteiger partial charge in [-0.3, -0.25) is 0 Å². The Morgan fingerprint density at radius 1 is 0.885 bits per heavy atom. The molecule has 0 radical (unpaired) electrons. The third kappa shape index (κ3) is 5.32. The van der Waals surface area contributed by atoms with Crippen LogP contribution in [0.3, 0.4) is 0 Å². The molecule has 0 saturated carbocycles. The van der Waals surface area contributed by atoms with Crippen LogP contribution < -0.4 is 10.1 Å². The molecule has 0 unspecified atom stereocenters. The molecule has 0 atom stereocenters. The van der Waals surface area contributed by atoms with Crippen LogP contribution in [-0.2, 0) is 19.6 Å². The van der Waals surface area contributed by atoms with Gasteiger partial charge in [0.1, 0.15) is 18.2 Å². The fourth-order valence-electron chi connectivity index (χ4n) is 2.69. The Kier molecular flexibility index (Phi) is 6.64. The van der Waals surface area contributed by atoms with Gasteiger partial charge in [0.25, 0.3) is 0 Å². The molecule has 0 spiro atoms. The van der Waals surface area contributed by atoms with Gasteiger partial charge in [-0.25, -0.2) is 4.39 Å². The van der Waals surface area contributed by atoms with Crippen molar-refractivity contribution in [2.45, 2.75) is 19.6 Å². The minimum atomic E-state index is -0.346. The average Bonchev–Trinajstić information content (AvgIpc) is 2.66. The molecule has 26 heavy (non-hydrogen) atoms. The van der Waals surface area contributed by atoms with Gasteiger partial charge in [-0.15, -0.1) is 0 Å². The minimum absolute atomic E-state index is 0.306. The molecule has 0 saturated heterocycles. The molecule has 0 aliphatic carbocycles. The van der Waals surface area contributed by atoms with Crippen molar-refractivity contribution in [3.8, 4) is 5.75 Å². The predicted octanol–water partition coefficient (Wildman–Crippen LogP) is 5.39. The molecule has 3 rings (SSSR count). The highest BCUT2D eigenvalue weighted by Gasteiger charge is 2.06. The molecule has 1 N–H and O–H groups in total. The standard InChI is InChI=1S/C22H21ClFNO/c23-21-14-20(24)11-10-19(21)16-26-22-9-5-4-8-18(22)15-25-13-12-17-6-2-1-3-7-17/h1-11,14,25H,12-13,15-16H2. The summed E-state index contributed by atoms with van der Waals surface area (Å²) in [6.45, 7) is 1.92. The maximum atomic E-state index is 13.1. The summed E-state index contributed by atoms with van der Waals surface area (Å²) >= 11 is 6.06. The zero-order valence-corrected chi connectivity index (χ0v) is 15.2. The lowest BCUT2D eigenvalue weighted by atomic mass is 10.1. The highest BCUT2D eigenvalue weighted by Crippen LogP contribution is 2.22. The van der Waals surface area contributed by atoms with Gasteiger partial charge in [0.05, 0.1) is 5.02 Å². The van der Waals surface area contributed by atoms with Crippen LogP contribution in [0.25, 0.3) is 0 Å². The molecule has 0 aliphatic heterocycles. The van der Waals surface area contributed by atoms with E-state index in [0.29, 0.717) is 11.6 Å².